The Morgan fingerprint density at radius 1 is 1.24 bits per heavy atom. The molecule has 1 N–H and O–H groups in total. The summed E-state index contributed by atoms with van der Waals surface area (Å²) in [5, 5.41) is 9.85. The van der Waals surface area contributed by atoms with E-state index in [-0.39, 0.29) is 11.3 Å². The van der Waals surface area contributed by atoms with Gasteiger partial charge >= 0.3 is 5.97 Å². The molecule has 3 heteroatoms. The smallest absolute Gasteiger partial charge is 0.308 e. The van der Waals surface area contributed by atoms with Gasteiger partial charge in [0.1, 0.15) is 0 Å². The molecule has 2 aliphatic carbocycles. The van der Waals surface area contributed by atoms with E-state index in [0.29, 0.717) is 11.3 Å². The molecule has 1 aliphatic heterocycles. The molecule has 0 spiro atoms. The first-order chi connectivity index (χ1) is 9.86. The van der Waals surface area contributed by atoms with Gasteiger partial charge in [-0.05, 0) is 67.9 Å². The van der Waals surface area contributed by atoms with E-state index < -0.39 is 5.97 Å². The van der Waals surface area contributed by atoms with Crippen molar-refractivity contribution in [1.29, 1.82) is 0 Å². The van der Waals surface area contributed by atoms with E-state index in [0.717, 1.165) is 32.0 Å². The molecule has 1 saturated heterocycles. The maximum Gasteiger partial charge on any atom is 0.308 e. The average Bonchev–Trinajstić information content (AvgIpc) is 2.78. The fourth-order valence-corrected chi connectivity index (χ4v) is 5.67. The quantitative estimate of drug-likeness (QED) is 0.860. The van der Waals surface area contributed by atoms with Crippen LogP contribution >= 0.6 is 0 Å². The molecule has 2 bridgehead atoms. The van der Waals surface area contributed by atoms with Crippen molar-refractivity contribution in [3.05, 3.63) is 0 Å². The van der Waals surface area contributed by atoms with Crippen molar-refractivity contribution in [1.82, 2.24) is 4.90 Å². The van der Waals surface area contributed by atoms with Crippen LogP contribution in [0.3, 0.4) is 0 Å². The van der Waals surface area contributed by atoms with E-state index in [1.54, 1.807) is 0 Å². The number of aliphatic carboxylic acids is 1. The number of hydrogen-bond donors (Lipinski definition) is 1. The minimum absolute atomic E-state index is 0.169. The highest BCUT2D eigenvalue weighted by Gasteiger charge is 2.63. The second kappa shape index (κ2) is 5.26. The highest BCUT2D eigenvalue weighted by molar-refractivity contribution is 5.71. The number of likely N-dealkylation sites (tertiary alicyclic amines) is 1. The molecular formula is C18H31NO2. The average molecular weight is 293 g/mol. The Morgan fingerprint density at radius 2 is 1.90 bits per heavy atom. The van der Waals surface area contributed by atoms with Crippen molar-refractivity contribution in [2.75, 3.05) is 19.6 Å². The van der Waals surface area contributed by atoms with Crippen LogP contribution in [0.5, 0.6) is 0 Å². The molecule has 3 aliphatic rings. The van der Waals surface area contributed by atoms with Gasteiger partial charge in [0.2, 0.25) is 0 Å². The second-order valence-corrected chi connectivity index (χ2v) is 8.52. The summed E-state index contributed by atoms with van der Waals surface area (Å²) in [6, 6.07) is 0. The van der Waals surface area contributed by atoms with Gasteiger partial charge in [0.25, 0.3) is 0 Å². The van der Waals surface area contributed by atoms with Crippen molar-refractivity contribution in [2.45, 2.75) is 59.3 Å². The standard InChI is InChI=1S/C18H31NO2/c1-17(2)13-7-8-18(17,3)15(11-13)14(16(20)21)12-19-9-5-4-6-10-19/h13-15H,4-12H2,1-3H3,(H,20,21). The van der Waals surface area contributed by atoms with Gasteiger partial charge in [0.15, 0.2) is 0 Å². The minimum Gasteiger partial charge on any atom is -0.481 e. The Kier molecular flexibility index (Phi) is 3.84. The van der Waals surface area contributed by atoms with E-state index in [1.807, 2.05) is 0 Å². The van der Waals surface area contributed by atoms with E-state index in [9.17, 15) is 9.90 Å². The summed E-state index contributed by atoms with van der Waals surface area (Å²) in [5.74, 6) is 0.370. The van der Waals surface area contributed by atoms with Gasteiger partial charge in [-0.25, -0.2) is 0 Å². The Morgan fingerprint density at radius 3 is 2.38 bits per heavy atom. The number of carbonyl (C=O) groups is 1. The van der Waals surface area contributed by atoms with Gasteiger partial charge in [-0.15, -0.1) is 0 Å². The molecule has 1 heterocycles. The third kappa shape index (κ3) is 2.32. The van der Waals surface area contributed by atoms with Gasteiger partial charge in [-0.2, -0.15) is 0 Å². The SMILES string of the molecule is CC1(C)C2CCC1(C)C(C(CN1CCCCC1)C(=O)O)C2. The number of rotatable bonds is 4. The molecule has 4 atom stereocenters. The molecule has 4 unspecified atom stereocenters. The summed E-state index contributed by atoms with van der Waals surface area (Å²) in [5.41, 5.74) is 0.532. The molecule has 0 amide bonds. The molecule has 0 aromatic carbocycles. The lowest BCUT2D eigenvalue weighted by atomic mass is 9.63. The van der Waals surface area contributed by atoms with E-state index >= 15 is 0 Å². The second-order valence-electron chi connectivity index (χ2n) is 8.52. The first-order valence-electron chi connectivity index (χ1n) is 8.81. The zero-order chi connectivity index (χ0) is 15.3. The Balaban J connectivity index is 1.77. The maximum atomic E-state index is 12.0. The lowest BCUT2D eigenvalue weighted by Crippen LogP contribution is -2.45. The topological polar surface area (TPSA) is 40.5 Å². The van der Waals surface area contributed by atoms with Gasteiger partial charge in [-0.1, -0.05) is 27.2 Å². The van der Waals surface area contributed by atoms with Gasteiger partial charge in [-0.3, -0.25) is 4.79 Å². The molecule has 3 rings (SSSR count). The van der Waals surface area contributed by atoms with E-state index in [4.69, 9.17) is 0 Å². The van der Waals surface area contributed by atoms with Crippen molar-refractivity contribution >= 4 is 5.97 Å². The van der Waals surface area contributed by atoms with Crippen LogP contribution in [-0.2, 0) is 4.79 Å². The van der Waals surface area contributed by atoms with Crippen molar-refractivity contribution in [3.8, 4) is 0 Å². The summed E-state index contributed by atoms with van der Waals surface area (Å²) in [6.07, 6.45) is 7.44. The van der Waals surface area contributed by atoms with Crippen molar-refractivity contribution in [3.63, 3.8) is 0 Å². The van der Waals surface area contributed by atoms with E-state index in [1.165, 1.54) is 32.1 Å². The van der Waals surface area contributed by atoms with Crippen LogP contribution in [0.15, 0.2) is 0 Å². The molecule has 3 fully saturated rings. The summed E-state index contributed by atoms with van der Waals surface area (Å²) < 4.78 is 0. The Labute approximate surface area is 129 Å². The molecule has 0 aromatic rings. The predicted molar refractivity (Wildman–Crippen MR) is 84.1 cm³/mol. The zero-order valence-electron chi connectivity index (χ0n) is 13.9. The normalized spacial score (nSPS) is 40.3. The van der Waals surface area contributed by atoms with E-state index in [2.05, 4.69) is 25.7 Å². The van der Waals surface area contributed by atoms with Crippen LogP contribution in [0.25, 0.3) is 0 Å². The number of carboxylic acid groups (broad SMARTS) is 1. The van der Waals surface area contributed by atoms with Gasteiger partial charge in [0.05, 0.1) is 5.92 Å². The van der Waals surface area contributed by atoms with Crippen molar-refractivity contribution < 1.29 is 9.90 Å². The van der Waals surface area contributed by atoms with Crippen LogP contribution in [-0.4, -0.2) is 35.6 Å². The summed E-state index contributed by atoms with van der Waals surface area (Å²) in [4.78, 5) is 14.4. The molecule has 0 radical (unpaired) electrons. The molecule has 0 aromatic heterocycles. The summed E-state index contributed by atoms with van der Waals surface area (Å²) in [7, 11) is 0. The molecular weight excluding hydrogens is 262 g/mol. The fraction of sp³-hybridized carbons (Fsp3) is 0.944. The van der Waals surface area contributed by atoms with Crippen LogP contribution in [0.2, 0.25) is 0 Å². The highest BCUT2D eigenvalue weighted by atomic mass is 16.4. The summed E-state index contributed by atoms with van der Waals surface area (Å²) >= 11 is 0. The van der Waals surface area contributed by atoms with Gasteiger partial charge in [0, 0.05) is 6.54 Å². The lowest BCUT2D eigenvalue weighted by molar-refractivity contribution is -0.147. The molecule has 2 saturated carbocycles. The number of fused-ring (bicyclic) bond motifs is 2. The number of nitrogens with zero attached hydrogens (tertiary/aromatic N) is 1. The molecule has 120 valence electrons. The zero-order valence-corrected chi connectivity index (χ0v) is 13.9. The lowest BCUT2D eigenvalue weighted by Gasteiger charge is -2.43. The Bertz CT molecular complexity index is 413. The fourth-order valence-electron chi connectivity index (χ4n) is 5.67. The van der Waals surface area contributed by atoms with Crippen molar-refractivity contribution in [2.24, 2.45) is 28.6 Å². The molecule has 3 nitrogen and oxygen atoms in total. The van der Waals surface area contributed by atoms with Crippen LogP contribution in [0.4, 0.5) is 0 Å². The highest BCUT2D eigenvalue weighted by Crippen LogP contribution is 2.69. The third-order valence-corrected chi connectivity index (χ3v) is 7.57. The predicted octanol–water partition coefficient (Wildman–Crippen LogP) is 3.64. The largest absolute Gasteiger partial charge is 0.481 e. The summed E-state index contributed by atoms with van der Waals surface area (Å²) in [6.45, 7) is 10.1. The van der Waals surface area contributed by atoms with Gasteiger partial charge < -0.3 is 10.0 Å². The first kappa shape index (κ1) is 15.3. The maximum absolute atomic E-state index is 12.0. The Hall–Kier alpha value is -0.570. The number of hydrogen-bond acceptors (Lipinski definition) is 2. The number of carboxylic acids is 1. The van der Waals surface area contributed by atoms with Crippen LogP contribution in [0.1, 0.15) is 59.3 Å². The minimum atomic E-state index is -0.560. The van der Waals surface area contributed by atoms with Crippen LogP contribution < -0.4 is 0 Å². The first-order valence-corrected chi connectivity index (χ1v) is 8.81. The monoisotopic (exact) mass is 293 g/mol. The molecule has 21 heavy (non-hydrogen) atoms. The number of piperidine rings is 1. The van der Waals surface area contributed by atoms with Crippen LogP contribution in [0, 0.1) is 28.6 Å². The third-order valence-electron chi connectivity index (χ3n) is 7.57.